The van der Waals surface area contributed by atoms with Crippen LogP contribution in [-0.4, -0.2) is 18.4 Å². The van der Waals surface area contributed by atoms with Crippen LogP contribution in [-0.2, 0) is 22.4 Å². The third kappa shape index (κ3) is 2.76. The number of nitrogens with one attached hydrogen (secondary N) is 1. The van der Waals surface area contributed by atoms with Crippen molar-refractivity contribution in [3.05, 3.63) is 71.3 Å². The number of anilines is 2. The maximum atomic E-state index is 12.8. The highest BCUT2D eigenvalue weighted by Crippen LogP contribution is 2.38. The quantitative estimate of drug-likeness (QED) is 0.750. The molecule has 140 valence electrons. The van der Waals surface area contributed by atoms with Crippen LogP contribution in [0.5, 0.6) is 0 Å². The van der Waals surface area contributed by atoms with Crippen LogP contribution < -0.4 is 10.2 Å². The van der Waals surface area contributed by atoms with Crippen molar-refractivity contribution < 1.29 is 9.59 Å². The zero-order valence-electron chi connectivity index (χ0n) is 15.9. The molecule has 0 spiro atoms. The number of carbonyl (C=O) groups is 2. The Bertz CT molecular complexity index is 1090. The first kappa shape index (κ1) is 17.0. The third-order valence-electron chi connectivity index (χ3n) is 5.96. The van der Waals surface area contributed by atoms with E-state index in [0.717, 1.165) is 35.2 Å². The lowest BCUT2D eigenvalue weighted by Crippen LogP contribution is -2.28. The minimum absolute atomic E-state index is 0.0164. The highest BCUT2D eigenvalue weighted by Gasteiger charge is 2.36. The third-order valence-corrected chi connectivity index (χ3v) is 5.96. The molecule has 3 aromatic rings. The van der Waals surface area contributed by atoms with Gasteiger partial charge < -0.3 is 10.2 Å². The number of rotatable bonds is 3. The number of carbonyl (C=O) groups excluding carboxylic acids is 2. The molecule has 28 heavy (non-hydrogen) atoms. The monoisotopic (exact) mass is 370 g/mol. The second-order valence-electron chi connectivity index (χ2n) is 7.84. The SMILES string of the molecule is Cc1ccc(NC(=O)[C@@H]2CC(=O)N(c3ccc4c5c(cccc35)CC4)C2)cc1. The molecule has 0 unspecified atom stereocenters. The fraction of sp³-hybridized carbons (Fsp3) is 0.250. The molecule has 1 aliphatic carbocycles. The minimum Gasteiger partial charge on any atom is -0.326 e. The summed E-state index contributed by atoms with van der Waals surface area (Å²) in [6.07, 6.45) is 2.37. The first-order chi connectivity index (χ1) is 13.6. The molecule has 0 radical (unpaired) electrons. The van der Waals surface area contributed by atoms with E-state index in [2.05, 4.69) is 29.6 Å². The number of amides is 2. The Hall–Kier alpha value is -3.14. The predicted molar refractivity (Wildman–Crippen MR) is 112 cm³/mol. The van der Waals surface area contributed by atoms with Crippen LogP contribution in [0.1, 0.15) is 23.1 Å². The highest BCUT2D eigenvalue weighted by atomic mass is 16.2. The number of benzene rings is 3. The van der Waals surface area contributed by atoms with Gasteiger partial charge in [-0.3, -0.25) is 9.59 Å². The second-order valence-corrected chi connectivity index (χ2v) is 7.84. The van der Waals surface area contributed by atoms with Crippen molar-refractivity contribution in [2.75, 3.05) is 16.8 Å². The molecular weight excluding hydrogens is 348 g/mol. The first-order valence-corrected chi connectivity index (χ1v) is 9.81. The lowest BCUT2D eigenvalue weighted by molar-refractivity contribution is -0.122. The summed E-state index contributed by atoms with van der Waals surface area (Å²) in [5, 5.41) is 5.37. The number of aryl methyl sites for hydroxylation is 3. The van der Waals surface area contributed by atoms with Gasteiger partial charge in [0.1, 0.15) is 0 Å². The predicted octanol–water partition coefficient (Wildman–Crippen LogP) is 4.24. The van der Waals surface area contributed by atoms with E-state index in [1.807, 2.05) is 37.3 Å². The van der Waals surface area contributed by atoms with Crippen molar-refractivity contribution in [2.24, 2.45) is 5.92 Å². The fourth-order valence-electron chi connectivity index (χ4n) is 4.46. The van der Waals surface area contributed by atoms with Crippen LogP contribution in [0.3, 0.4) is 0 Å². The summed E-state index contributed by atoms with van der Waals surface area (Å²) in [6, 6.07) is 18.2. The number of nitrogens with zero attached hydrogens (tertiary/aromatic N) is 1. The summed E-state index contributed by atoms with van der Waals surface area (Å²) in [5.41, 5.74) is 5.56. The molecule has 2 aliphatic rings. The molecule has 4 nitrogen and oxygen atoms in total. The lowest BCUT2D eigenvalue weighted by atomic mass is 10.0. The van der Waals surface area contributed by atoms with Crippen molar-refractivity contribution in [1.29, 1.82) is 0 Å². The van der Waals surface area contributed by atoms with Crippen LogP contribution in [0.25, 0.3) is 10.8 Å². The molecule has 1 N–H and O–H groups in total. The molecule has 2 amide bonds. The molecule has 1 aliphatic heterocycles. The van der Waals surface area contributed by atoms with Crippen LogP contribution in [0.4, 0.5) is 11.4 Å². The van der Waals surface area contributed by atoms with Gasteiger partial charge in [-0.2, -0.15) is 0 Å². The Labute approximate surface area is 164 Å². The van der Waals surface area contributed by atoms with Crippen molar-refractivity contribution in [3.63, 3.8) is 0 Å². The molecule has 5 rings (SSSR count). The molecule has 3 aromatic carbocycles. The molecule has 4 heteroatoms. The maximum Gasteiger partial charge on any atom is 0.229 e. The summed E-state index contributed by atoms with van der Waals surface area (Å²) < 4.78 is 0. The topological polar surface area (TPSA) is 49.4 Å². The zero-order valence-corrected chi connectivity index (χ0v) is 15.9. The molecule has 0 aromatic heterocycles. The largest absolute Gasteiger partial charge is 0.326 e. The normalized spacial score (nSPS) is 18.1. The molecule has 1 fully saturated rings. The van der Waals surface area contributed by atoms with Crippen molar-refractivity contribution >= 4 is 34.0 Å². The Morgan fingerprint density at radius 3 is 2.54 bits per heavy atom. The standard InChI is InChI=1S/C24H22N2O2/c1-15-5-10-19(11-6-15)25-24(28)18-13-22(27)26(14-18)21-12-9-17-8-7-16-3-2-4-20(21)23(16)17/h2-6,9-12,18H,7-8,13-14H2,1H3,(H,25,28)/t18-/m1/s1. The Morgan fingerprint density at radius 2 is 1.75 bits per heavy atom. The van der Waals surface area contributed by atoms with E-state index in [1.54, 1.807) is 4.90 Å². The Balaban J connectivity index is 1.41. The molecule has 0 bridgehead atoms. The minimum atomic E-state index is -0.336. The van der Waals surface area contributed by atoms with Gasteiger partial charge in [0.15, 0.2) is 0 Å². The van der Waals surface area contributed by atoms with Crippen molar-refractivity contribution in [1.82, 2.24) is 0 Å². The maximum absolute atomic E-state index is 12.8. The van der Waals surface area contributed by atoms with E-state index in [4.69, 9.17) is 0 Å². The van der Waals surface area contributed by atoms with E-state index in [0.29, 0.717) is 6.54 Å². The van der Waals surface area contributed by atoms with Gasteiger partial charge in [0.05, 0.1) is 11.6 Å². The van der Waals surface area contributed by atoms with E-state index in [9.17, 15) is 9.59 Å². The van der Waals surface area contributed by atoms with Crippen LogP contribution >= 0.6 is 0 Å². The van der Waals surface area contributed by atoms with E-state index < -0.39 is 0 Å². The van der Waals surface area contributed by atoms with Crippen LogP contribution in [0.15, 0.2) is 54.6 Å². The summed E-state index contributed by atoms with van der Waals surface area (Å²) in [4.78, 5) is 27.3. The van der Waals surface area contributed by atoms with Gasteiger partial charge in [0, 0.05) is 24.0 Å². The highest BCUT2D eigenvalue weighted by molar-refractivity contribution is 6.09. The average molecular weight is 370 g/mol. The van der Waals surface area contributed by atoms with Crippen LogP contribution in [0.2, 0.25) is 0 Å². The summed E-state index contributed by atoms with van der Waals surface area (Å²) in [6.45, 7) is 2.44. The van der Waals surface area contributed by atoms with Gasteiger partial charge in [-0.05, 0) is 54.5 Å². The van der Waals surface area contributed by atoms with Crippen molar-refractivity contribution in [2.45, 2.75) is 26.2 Å². The van der Waals surface area contributed by atoms with Crippen molar-refractivity contribution in [3.8, 4) is 0 Å². The van der Waals surface area contributed by atoms with Gasteiger partial charge in [-0.25, -0.2) is 0 Å². The Morgan fingerprint density at radius 1 is 1.00 bits per heavy atom. The van der Waals surface area contributed by atoms with Gasteiger partial charge in [-0.15, -0.1) is 0 Å². The molecular formula is C24H22N2O2. The van der Waals surface area contributed by atoms with Gasteiger partial charge >= 0.3 is 0 Å². The fourth-order valence-corrected chi connectivity index (χ4v) is 4.46. The molecule has 1 saturated heterocycles. The van der Waals surface area contributed by atoms with E-state index in [-0.39, 0.29) is 24.2 Å². The van der Waals surface area contributed by atoms with Gasteiger partial charge in [0.2, 0.25) is 11.8 Å². The number of hydrogen-bond donors (Lipinski definition) is 1. The van der Waals surface area contributed by atoms with Gasteiger partial charge in [0.25, 0.3) is 0 Å². The number of hydrogen-bond acceptors (Lipinski definition) is 2. The summed E-state index contributed by atoms with van der Waals surface area (Å²) >= 11 is 0. The second kappa shape index (κ2) is 6.48. The zero-order chi connectivity index (χ0) is 19.3. The molecule has 0 saturated carbocycles. The Kier molecular flexibility index (Phi) is 3.93. The summed E-state index contributed by atoms with van der Waals surface area (Å²) in [7, 11) is 0. The lowest BCUT2D eigenvalue weighted by Gasteiger charge is -2.20. The first-order valence-electron chi connectivity index (χ1n) is 9.81. The average Bonchev–Trinajstić information content (AvgIpc) is 3.29. The van der Waals surface area contributed by atoms with Crippen LogP contribution in [0, 0.1) is 12.8 Å². The smallest absolute Gasteiger partial charge is 0.229 e. The summed E-state index contributed by atoms with van der Waals surface area (Å²) in [5.74, 6) is -0.412. The molecule has 1 heterocycles. The van der Waals surface area contributed by atoms with Gasteiger partial charge in [-0.1, -0.05) is 42.0 Å². The van der Waals surface area contributed by atoms with E-state index in [1.165, 1.54) is 16.5 Å². The molecule has 1 atom stereocenters. The van der Waals surface area contributed by atoms with E-state index >= 15 is 0 Å².